The van der Waals surface area contributed by atoms with Gasteiger partial charge in [0, 0.05) is 43.6 Å². The molecule has 1 fully saturated rings. The van der Waals surface area contributed by atoms with Crippen LogP contribution in [0.2, 0.25) is 0 Å². The van der Waals surface area contributed by atoms with Crippen molar-refractivity contribution >= 4 is 71.8 Å². The van der Waals surface area contributed by atoms with Crippen molar-refractivity contribution in [2.45, 2.75) is 134 Å². The van der Waals surface area contributed by atoms with Crippen LogP contribution in [0.5, 0.6) is 5.75 Å². The van der Waals surface area contributed by atoms with Crippen molar-refractivity contribution in [3.63, 3.8) is 0 Å². The van der Waals surface area contributed by atoms with E-state index >= 15 is 0 Å². The molecule has 2 aromatic rings. The maximum atomic E-state index is 14.5. The standard InChI is InChI=1S/C47H74N14O12S/c1-7-25(4)37(44(70)56-32(19-28-20-51-23-53-28)45(71)61-17-9-11-34(61)42(68)60-38(26(5)62)46(72)73)59-40(66)31(18-27-12-14-29(63)15-13-27)55-41(67)33(22-74)57-43(69)36(24(2)3)58-39(65)30(54-35(64)21-50-6)10-8-16-52-47(48)49/h12-15,20,23-26,30-34,36-38,50,62-63,74H,7-11,16-19,21-22H2,1-6H3,(H,51,53)(H,54,64)(H,55,67)(H,56,70)(H,57,69)(H,58,65)(H,59,66)(H,60,68)(H,72,73)(H4,48,49,52)/t25?,26-,30+,31+,32+,33+,34+,36+,37+,38+/m1/s1. The van der Waals surface area contributed by atoms with Crippen LogP contribution in [0.15, 0.2) is 41.8 Å². The zero-order chi connectivity index (χ0) is 55.2. The summed E-state index contributed by atoms with van der Waals surface area (Å²) in [6.07, 6.45) is 2.36. The van der Waals surface area contributed by atoms with Crippen molar-refractivity contribution in [1.29, 1.82) is 0 Å². The third-order valence-corrected chi connectivity index (χ3v) is 12.6. The van der Waals surface area contributed by atoms with Crippen LogP contribution in [0.25, 0.3) is 0 Å². The Morgan fingerprint density at radius 2 is 1.42 bits per heavy atom. The molecule has 0 bridgehead atoms. The number of benzene rings is 1. The van der Waals surface area contributed by atoms with Crippen molar-refractivity contribution < 1.29 is 58.5 Å². The first-order chi connectivity index (χ1) is 35.0. The molecule has 74 heavy (non-hydrogen) atoms. The highest BCUT2D eigenvalue weighted by atomic mass is 32.1. The monoisotopic (exact) mass is 1060 g/mol. The van der Waals surface area contributed by atoms with Gasteiger partial charge in [-0.3, -0.25) is 43.3 Å². The lowest BCUT2D eigenvalue weighted by molar-refractivity contribution is -0.147. The number of aliphatic hydroxyl groups excluding tert-OH is 1. The van der Waals surface area contributed by atoms with E-state index in [0.29, 0.717) is 30.5 Å². The lowest BCUT2D eigenvalue weighted by Gasteiger charge is -2.32. The first-order valence-corrected chi connectivity index (χ1v) is 25.0. The second-order valence-corrected chi connectivity index (χ2v) is 18.8. The number of aliphatic hydroxyl groups is 1. The largest absolute Gasteiger partial charge is 0.508 e. The molecule has 1 aromatic carbocycles. The van der Waals surface area contributed by atoms with Crippen molar-refractivity contribution in [2.24, 2.45) is 28.3 Å². The number of carbonyl (C=O) groups is 9. The first kappa shape index (κ1) is 61.3. The summed E-state index contributed by atoms with van der Waals surface area (Å²) < 4.78 is 0. The number of imidazole rings is 1. The number of aliphatic imine (C=N–C) groups is 1. The molecule has 1 saturated heterocycles. The summed E-state index contributed by atoms with van der Waals surface area (Å²) >= 11 is 4.32. The van der Waals surface area contributed by atoms with Gasteiger partial charge in [-0.2, -0.15) is 12.6 Å². The predicted molar refractivity (Wildman–Crippen MR) is 274 cm³/mol. The molecule has 27 heteroatoms. The number of hydrogen-bond acceptors (Lipinski definition) is 15. The second-order valence-electron chi connectivity index (χ2n) is 18.5. The number of guanidine groups is 1. The molecule has 0 saturated carbocycles. The number of thiol groups is 1. The van der Waals surface area contributed by atoms with E-state index in [1.54, 1.807) is 34.7 Å². The number of aromatic amines is 1. The number of carboxylic acid groups (broad SMARTS) is 1. The molecule has 10 atom stereocenters. The summed E-state index contributed by atoms with van der Waals surface area (Å²) in [4.78, 5) is 135. The van der Waals surface area contributed by atoms with Gasteiger partial charge in [0.1, 0.15) is 48.0 Å². The van der Waals surface area contributed by atoms with E-state index in [9.17, 15) is 58.5 Å². The van der Waals surface area contributed by atoms with E-state index < -0.39 is 120 Å². The fourth-order valence-corrected chi connectivity index (χ4v) is 8.20. The van der Waals surface area contributed by atoms with Gasteiger partial charge in [0.2, 0.25) is 47.3 Å². The topological polar surface area (TPSA) is 407 Å². The third-order valence-electron chi connectivity index (χ3n) is 12.3. The fourth-order valence-electron chi connectivity index (χ4n) is 7.95. The van der Waals surface area contributed by atoms with Gasteiger partial charge in [0.15, 0.2) is 12.0 Å². The summed E-state index contributed by atoms with van der Waals surface area (Å²) in [5.74, 6) is -9.01. The highest BCUT2D eigenvalue weighted by Gasteiger charge is 2.41. The number of H-pyrrole nitrogens is 1. The molecule has 8 amide bonds. The molecular formula is C47H74N14O12S. The number of aliphatic carboxylic acids is 1. The van der Waals surface area contributed by atoms with Gasteiger partial charge in [-0.15, -0.1) is 0 Å². The molecule has 1 aliphatic rings. The number of nitrogens with zero attached hydrogens (tertiary/aromatic N) is 3. The summed E-state index contributed by atoms with van der Waals surface area (Å²) in [7, 11) is 1.56. The van der Waals surface area contributed by atoms with E-state index in [-0.39, 0.29) is 62.8 Å². The fraction of sp³-hybridized carbons (Fsp3) is 0.596. The second kappa shape index (κ2) is 30.3. The van der Waals surface area contributed by atoms with Crippen LogP contribution in [0.3, 0.4) is 0 Å². The van der Waals surface area contributed by atoms with Crippen LogP contribution in [0.4, 0.5) is 0 Å². The number of carbonyl (C=O) groups excluding carboxylic acids is 8. The number of likely N-dealkylation sites (N-methyl/N-ethyl adjacent to an activating group) is 1. The Kier molecular flexibility index (Phi) is 25.1. The van der Waals surface area contributed by atoms with Crippen molar-refractivity contribution in [3.05, 3.63) is 48.0 Å². The lowest BCUT2D eigenvalue weighted by Crippen LogP contribution is -2.62. The molecule has 3 rings (SSSR count). The molecule has 16 N–H and O–H groups in total. The number of aromatic nitrogens is 2. The zero-order valence-corrected chi connectivity index (χ0v) is 43.4. The predicted octanol–water partition coefficient (Wildman–Crippen LogP) is -3.34. The lowest BCUT2D eigenvalue weighted by atomic mass is 9.96. The highest BCUT2D eigenvalue weighted by molar-refractivity contribution is 7.80. The zero-order valence-electron chi connectivity index (χ0n) is 42.6. The van der Waals surface area contributed by atoms with Crippen LogP contribution < -0.4 is 54.0 Å². The van der Waals surface area contributed by atoms with Crippen LogP contribution in [-0.2, 0) is 56.0 Å². The number of carboxylic acids is 1. The number of rotatable bonds is 30. The maximum absolute atomic E-state index is 14.5. The summed E-state index contributed by atoms with van der Waals surface area (Å²) in [5, 5.41) is 50.6. The summed E-state index contributed by atoms with van der Waals surface area (Å²) in [6.45, 7) is 8.14. The smallest absolute Gasteiger partial charge is 0.328 e. The Hall–Kier alpha value is -7.00. The first-order valence-electron chi connectivity index (χ1n) is 24.4. The molecule has 26 nitrogen and oxygen atoms in total. The molecule has 1 aromatic heterocycles. The molecule has 1 aliphatic heterocycles. The Labute approximate surface area is 435 Å². The van der Waals surface area contributed by atoms with Gasteiger partial charge < -0.3 is 79.2 Å². The number of nitrogens with two attached hydrogens (primary N) is 2. The SMILES string of the molecule is CCC(C)[C@H](NC(=O)[C@H](Cc1ccc(O)cc1)NC(=O)[C@H](CS)NC(=O)[C@@H](NC(=O)[C@H](CCCN=C(N)N)NC(=O)CNC)C(C)C)C(=O)N[C@@H](Cc1cnc[nH]1)C(=O)N1CCC[C@H]1C(=O)N[C@H](C(=O)O)[C@@H](C)O. The number of likely N-dealkylation sites (tertiary alicyclic amines) is 1. The average molecular weight is 1060 g/mol. The minimum absolute atomic E-state index is 0.0705. The molecule has 410 valence electrons. The van der Waals surface area contributed by atoms with Crippen molar-refractivity contribution in [3.8, 4) is 5.75 Å². The van der Waals surface area contributed by atoms with Crippen LogP contribution in [-0.4, -0.2) is 176 Å². The minimum atomic E-state index is -1.65. The Bertz CT molecular complexity index is 2250. The van der Waals surface area contributed by atoms with Gasteiger partial charge in [-0.25, -0.2) is 9.78 Å². The number of phenols is 1. The molecule has 0 spiro atoms. The van der Waals surface area contributed by atoms with Gasteiger partial charge in [0.25, 0.3) is 0 Å². The number of hydrogen-bond donors (Lipinski definition) is 15. The third kappa shape index (κ3) is 19.1. The number of aromatic hydroxyl groups is 1. The Morgan fingerprint density at radius 3 is 1.99 bits per heavy atom. The Morgan fingerprint density at radius 1 is 0.811 bits per heavy atom. The maximum Gasteiger partial charge on any atom is 0.328 e. The molecule has 0 aliphatic carbocycles. The molecule has 2 heterocycles. The number of phenolic OH excluding ortho intramolecular Hbond substituents is 1. The van der Waals surface area contributed by atoms with Crippen LogP contribution in [0, 0.1) is 11.8 Å². The van der Waals surface area contributed by atoms with E-state index in [0.717, 1.165) is 0 Å². The highest BCUT2D eigenvalue weighted by Crippen LogP contribution is 2.21. The molecule has 1 unspecified atom stereocenters. The minimum Gasteiger partial charge on any atom is -0.508 e. The van der Waals surface area contributed by atoms with E-state index in [4.69, 9.17) is 11.5 Å². The van der Waals surface area contributed by atoms with E-state index in [1.165, 1.54) is 48.6 Å². The summed E-state index contributed by atoms with van der Waals surface area (Å²) in [5.41, 5.74) is 11.8. The quantitative estimate of drug-likeness (QED) is 0.0157. The van der Waals surface area contributed by atoms with Gasteiger partial charge in [0.05, 0.1) is 19.0 Å². The van der Waals surface area contributed by atoms with Crippen LogP contribution >= 0.6 is 12.6 Å². The summed E-state index contributed by atoms with van der Waals surface area (Å²) in [6, 6.07) is -4.75. The number of amides is 8. The van der Waals surface area contributed by atoms with E-state index in [1.807, 2.05) is 0 Å². The normalized spacial score (nSPS) is 16.9. The van der Waals surface area contributed by atoms with Crippen LogP contribution in [0.1, 0.15) is 78.0 Å². The van der Waals surface area contributed by atoms with E-state index in [2.05, 4.69) is 70.1 Å². The molecular weight excluding hydrogens is 985 g/mol. The van der Waals surface area contributed by atoms with Gasteiger partial charge in [-0.05, 0) is 69.2 Å². The number of nitrogens with one attached hydrogen (secondary N) is 9. The van der Waals surface area contributed by atoms with Crippen molar-refractivity contribution in [1.82, 2.24) is 57.4 Å². The van der Waals surface area contributed by atoms with Gasteiger partial charge >= 0.3 is 5.97 Å². The van der Waals surface area contributed by atoms with Crippen molar-refractivity contribution in [2.75, 3.05) is 32.4 Å². The van der Waals surface area contributed by atoms with Gasteiger partial charge in [-0.1, -0.05) is 46.2 Å². The average Bonchev–Trinajstić information content (AvgIpc) is 4.07. The molecule has 0 radical (unpaired) electrons. The Balaban J connectivity index is 1.89.